The van der Waals surface area contributed by atoms with Gasteiger partial charge in [0.1, 0.15) is 11.1 Å². The maximum absolute atomic E-state index is 12.0. The summed E-state index contributed by atoms with van der Waals surface area (Å²) in [6.07, 6.45) is -0.120. The van der Waals surface area contributed by atoms with Crippen LogP contribution in [0.2, 0.25) is 0 Å². The summed E-state index contributed by atoms with van der Waals surface area (Å²) in [6.45, 7) is 7.74. The number of thiazole rings is 1. The number of carbonyl (C=O) groups excluding carboxylic acids is 1. The minimum atomic E-state index is -0.120. The Kier molecular flexibility index (Phi) is 4.95. The van der Waals surface area contributed by atoms with Crippen molar-refractivity contribution in [2.75, 3.05) is 26.2 Å². The fourth-order valence-electron chi connectivity index (χ4n) is 1.79. The van der Waals surface area contributed by atoms with Gasteiger partial charge in [0.15, 0.2) is 0 Å². The molecule has 0 aromatic carbocycles. The molecule has 0 radical (unpaired) electrons. The Morgan fingerprint density at radius 3 is 3.21 bits per heavy atom. The van der Waals surface area contributed by atoms with Crippen molar-refractivity contribution in [3.05, 3.63) is 27.1 Å². The average molecular weight is 346 g/mol. The van der Waals surface area contributed by atoms with Crippen molar-refractivity contribution in [1.29, 1.82) is 0 Å². The number of nitrogens with one attached hydrogen (secondary N) is 1. The molecule has 2 heterocycles. The highest BCUT2D eigenvalue weighted by atomic mass is 79.9. The van der Waals surface area contributed by atoms with Gasteiger partial charge >= 0.3 is 6.03 Å². The number of urea groups is 1. The summed E-state index contributed by atoms with van der Waals surface area (Å²) in [7, 11) is 0. The monoisotopic (exact) mass is 345 g/mol. The molecule has 1 aliphatic heterocycles. The third-order valence-electron chi connectivity index (χ3n) is 2.70. The largest absolute Gasteiger partial charge is 0.367 e. The predicted molar refractivity (Wildman–Crippen MR) is 78.6 cm³/mol. The molecule has 0 spiro atoms. The van der Waals surface area contributed by atoms with Gasteiger partial charge in [0.25, 0.3) is 0 Å². The zero-order valence-corrected chi connectivity index (χ0v) is 13.1. The number of nitrogens with zero attached hydrogens (tertiary/aromatic N) is 2. The molecule has 1 aromatic heterocycles. The Balaban J connectivity index is 1.93. The van der Waals surface area contributed by atoms with Gasteiger partial charge in [-0.05, 0) is 6.92 Å². The van der Waals surface area contributed by atoms with Gasteiger partial charge in [0.2, 0.25) is 0 Å². The van der Waals surface area contributed by atoms with E-state index in [2.05, 4.69) is 32.8 Å². The van der Waals surface area contributed by atoms with E-state index in [1.165, 1.54) is 0 Å². The van der Waals surface area contributed by atoms with Crippen LogP contribution in [-0.2, 0) is 4.74 Å². The number of aryl methyl sites for hydroxylation is 1. The molecule has 2 rings (SSSR count). The minimum Gasteiger partial charge on any atom is -0.367 e. The van der Waals surface area contributed by atoms with Crippen molar-refractivity contribution >= 4 is 33.3 Å². The Morgan fingerprint density at radius 2 is 2.58 bits per heavy atom. The van der Waals surface area contributed by atoms with Crippen LogP contribution >= 0.6 is 27.3 Å². The Hall–Kier alpha value is -0.920. The van der Waals surface area contributed by atoms with Crippen molar-refractivity contribution in [1.82, 2.24) is 15.2 Å². The normalized spacial score (nSPS) is 19.3. The summed E-state index contributed by atoms with van der Waals surface area (Å²) in [4.78, 5) is 18.1. The number of hydrogen-bond donors (Lipinski definition) is 1. The average Bonchev–Trinajstić information content (AvgIpc) is 2.83. The highest BCUT2D eigenvalue weighted by Crippen LogP contribution is 2.25. The molecule has 1 aromatic rings. The molecule has 19 heavy (non-hydrogen) atoms. The molecule has 0 saturated carbocycles. The molecule has 1 N–H and O–H groups in total. The van der Waals surface area contributed by atoms with Crippen LogP contribution in [0.1, 0.15) is 16.8 Å². The highest BCUT2D eigenvalue weighted by molar-refractivity contribution is 9.11. The molecule has 104 valence electrons. The smallest absolute Gasteiger partial charge is 0.317 e. The second-order valence-corrected chi connectivity index (χ2v) is 6.32. The second-order valence-electron chi connectivity index (χ2n) is 4.31. The fourth-order valence-corrected chi connectivity index (χ4v) is 2.76. The molecule has 0 aliphatic carbocycles. The van der Waals surface area contributed by atoms with E-state index in [9.17, 15) is 4.79 Å². The van der Waals surface area contributed by atoms with Gasteiger partial charge in [-0.25, -0.2) is 9.78 Å². The molecule has 2 amide bonds. The van der Waals surface area contributed by atoms with Gasteiger partial charge < -0.3 is 15.0 Å². The second kappa shape index (κ2) is 6.49. The van der Waals surface area contributed by atoms with Crippen LogP contribution < -0.4 is 5.32 Å². The van der Waals surface area contributed by atoms with Crippen molar-refractivity contribution in [3.63, 3.8) is 0 Å². The lowest BCUT2D eigenvalue weighted by Crippen LogP contribution is -2.47. The molecular weight excluding hydrogens is 330 g/mol. The van der Waals surface area contributed by atoms with Gasteiger partial charge in [0.05, 0.1) is 19.7 Å². The molecule has 1 unspecified atom stereocenters. The van der Waals surface area contributed by atoms with Gasteiger partial charge in [-0.1, -0.05) is 22.5 Å². The molecule has 1 saturated heterocycles. The van der Waals surface area contributed by atoms with E-state index in [4.69, 9.17) is 4.74 Å². The first-order valence-electron chi connectivity index (χ1n) is 5.96. The maximum atomic E-state index is 12.0. The van der Waals surface area contributed by atoms with E-state index in [0.717, 1.165) is 15.2 Å². The van der Waals surface area contributed by atoms with Crippen molar-refractivity contribution in [2.45, 2.75) is 13.0 Å². The van der Waals surface area contributed by atoms with Crippen LogP contribution in [0.15, 0.2) is 16.4 Å². The Labute approximate surface area is 124 Å². The molecule has 1 aliphatic rings. The van der Waals surface area contributed by atoms with E-state index >= 15 is 0 Å². The van der Waals surface area contributed by atoms with E-state index in [-0.39, 0.29) is 12.1 Å². The van der Waals surface area contributed by atoms with Crippen LogP contribution in [0.25, 0.3) is 0 Å². The summed E-state index contributed by atoms with van der Waals surface area (Å²) < 4.78 is 6.43. The van der Waals surface area contributed by atoms with Crippen LogP contribution in [0.5, 0.6) is 0 Å². The van der Waals surface area contributed by atoms with E-state index in [1.807, 2.05) is 12.3 Å². The van der Waals surface area contributed by atoms with Crippen LogP contribution in [0.4, 0.5) is 4.79 Å². The third kappa shape index (κ3) is 4.02. The maximum Gasteiger partial charge on any atom is 0.317 e. The lowest BCUT2D eigenvalue weighted by Gasteiger charge is -2.32. The standard InChI is InChI=1S/C12H16BrN3O2S/c1-8(13)5-14-12(17)16-3-4-18-10(6-16)11-15-9(2)7-19-11/h7,10H,1,3-6H2,2H3,(H,14,17). The number of carbonyl (C=O) groups is 1. The molecule has 0 bridgehead atoms. The van der Waals surface area contributed by atoms with Crippen LogP contribution in [0.3, 0.4) is 0 Å². The number of aromatic nitrogens is 1. The summed E-state index contributed by atoms with van der Waals surface area (Å²) in [5.41, 5.74) is 0.987. The van der Waals surface area contributed by atoms with Crippen molar-refractivity contribution in [2.24, 2.45) is 0 Å². The molecule has 7 heteroatoms. The fraction of sp³-hybridized carbons (Fsp3) is 0.500. The predicted octanol–water partition coefficient (Wildman–Crippen LogP) is 2.44. The number of rotatable bonds is 3. The summed E-state index contributed by atoms with van der Waals surface area (Å²) in [5.74, 6) is 0. The zero-order chi connectivity index (χ0) is 13.8. The Morgan fingerprint density at radius 1 is 1.79 bits per heavy atom. The number of halogens is 1. The SMILES string of the molecule is C=C(Br)CNC(=O)N1CCOC(c2nc(C)cs2)C1. The first kappa shape index (κ1) is 14.5. The van der Waals surface area contributed by atoms with Crippen LogP contribution in [0, 0.1) is 6.92 Å². The number of hydrogen-bond acceptors (Lipinski definition) is 4. The lowest BCUT2D eigenvalue weighted by atomic mass is 10.3. The van der Waals surface area contributed by atoms with E-state index in [1.54, 1.807) is 16.2 Å². The van der Waals surface area contributed by atoms with Crippen molar-refractivity contribution in [3.8, 4) is 0 Å². The molecule has 1 fully saturated rings. The molecular formula is C12H16BrN3O2S. The number of ether oxygens (including phenoxy) is 1. The summed E-state index contributed by atoms with van der Waals surface area (Å²) in [6, 6.07) is -0.0952. The zero-order valence-electron chi connectivity index (χ0n) is 10.7. The van der Waals surface area contributed by atoms with Gasteiger partial charge in [-0.2, -0.15) is 0 Å². The topological polar surface area (TPSA) is 54.5 Å². The van der Waals surface area contributed by atoms with Gasteiger partial charge in [-0.15, -0.1) is 11.3 Å². The number of amides is 2. The van der Waals surface area contributed by atoms with E-state index < -0.39 is 0 Å². The third-order valence-corrected chi connectivity index (χ3v) is 4.03. The minimum absolute atomic E-state index is 0.0952. The Bertz CT molecular complexity index is 477. The summed E-state index contributed by atoms with van der Waals surface area (Å²) >= 11 is 4.79. The quantitative estimate of drug-likeness (QED) is 0.915. The van der Waals surface area contributed by atoms with Gasteiger partial charge in [0, 0.05) is 22.1 Å². The summed E-state index contributed by atoms with van der Waals surface area (Å²) in [5, 5.41) is 5.72. The van der Waals surface area contributed by atoms with E-state index in [0.29, 0.717) is 26.2 Å². The van der Waals surface area contributed by atoms with Crippen molar-refractivity contribution < 1.29 is 9.53 Å². The first-order chi connectivity index (χ1) is 9.06. The highest BCUT2D eigenvalue weighted by Gasteiger charge is 2.27. The van der Waals surface area contributed by atoms with Crippen LogP contribution in [-0.4, -0.2) is 42.2 Å². The van der Waals surface area contributed by atoms with Gasteiger partial charge in [-0.3, -0.25) is 0 Å². The molecule has 1 atom stereocenters. The number of morpholine rings is 1. The first-order valence-corrected chi connectivity index (χ1v) is 7.63. The molecule has 5 nitrogen and oxygen atoms in total. The lowest BCUT2D eigenvalue weighted by molar-refractivity contribution is -0.0154.